The molecule has 2 amide bonds. The number of rotatable bonds is 15. The molecule has 0 saturated carbocycles. The fourth-order valence-corrected chi connectivity index (χ4v) is 4.63. The lowest BCUT2D eigenvalue weighted by Gasteiger charge is -2.23. The van der Waals surface area contributed by atoms with E-state index < -0.39 is 30.1 Å². The third kappa shape index (κ3) is 10.9. The van der Waals surface area contributed by atoms with E-state index in [4.69, 9.17) is 9.47 Å². The van der Waals surface area contributed by atoms with Crippen LogP contribution in [0.25, 0.3) is 0 Å². The minimum Gasteiger partial charge on any atom is -0.465 e. The first-order valence-electron chi connectivity index (χ1n) is 13.1. The van der Waals surface area contributed by atoms with Gasteiger partial charge in [-0.05, 0) is 30.0 Å². The number of hydrogen-bond donors (Lipinski definition) is 2. The Morgan fingerprint density at radius 2 is 1.20 bits per heavy atom. The Labute approximate surface area is 238 Å². The summed E-state index contributed by atoms with van der Waals surface area (Å²) in [6, 6.07) is 26.0. The number of carbonyl (C=O) groups is 4. The van der Waals surface area contributed by atoms with Crippen molar-refractivity contribution in [3.05, 3.63) is 108 Å². The molecule has 0 aliphatic rings. The van der Waals surface area contributed by atoms with Crippen LogP contribution >= 0.6 is 11.8 Å². The molecule has 0 aliphatic carbocycles. The normalized spacial score (nSPS) is 12.0. The molecular formula is C31H34N2O6S. The van der Waals surface area contributed by atoms with Crippen molar-refractivity contribution in [1.82, 2.24) is 10.6 Å². The summed E-state index contributed by atoms with van der Waals surface area (Å²) in [5, 5.41) is 5.50. The van der Waals surface area contributed by atoms with Crippen molar-refractivity contribution >= 4 is 35.5 Å². The van der Waals surface area contributed by atoms with Crippen LogP contribution in [0.2, 0.25) is 0 Å². The predicted molar refractivity (Wildman–Crippen MR) is 155 cm³/mol. The first-order valence-corrected chi connectivity index (χ1v) is 14.2. The average Bonchev–Trinajstić information content (AvgIpc) is 2.97. The smallest absolute Gasteiger partial charge is 0.408 e. The molecule has 0 fully saturated rings. The molecule has 0 saturated heterocycles. The van der Waals surface area contributed by atoms with Crippen molar-refractivity contribution in [2.24, 2.45) is 0 Å². The first-order chi connectivity index (χ1) is 19.4. The quantitative estimate of drug-likeness (QED) is 0.268. The van der Waals surface area contributed by atoms with Gasteiger partial charge in [-0.25, -0.2) is 4.79 Å². The van der Waals surface area contributed by atoms with Crippen molar-refractivity contribution in [2.75, 3.05) is 18.1 Å². The van der Waals surface area contributed by atoms with Gasteiger partial charge in [-0.2, -0.15) is 0 Å². The van der Waals surface area contributed by atoms with Gasteiger partial charge in [-0.3, -0.25) is 14.4 Å². The number of carbonyl (C=O) groups excluding carboxylic acids is 4. The third-order valence-electron chi connectivity index (χ3n) is 5.86. The van der Waals surface area contributed by atoms with Gasteiger partial charge in [0.05, 0.1) is 24.2 Å². The summed E-state index contributed by atoms with van der Waals surface area (Å²) >= 11 is 1.14. The highest BCUT2D eigenvalue weighted by Gasteiger charge is 2.28. The lowest BCUT2D eigenvalue weighted by atomic mass is 10.0. The first kappa shape index (κ1) is 30.4. The van der Waals surface area contributed by atoms with Gasteiger partial charge < -0.3 is 20.1 Å². The van der Waals surface area contributed by atoms with Gasteiger partial charge in [-0.15, -0.1) is 11.8 Å². The lowest BCUT2D eigenvalue weighted by Crippen LogP contribution is -2.53. The summed E-state index contributed by atoms with van der Waals surface area (Å²) in [5.41, 5.74) is 2.52. The molecule has 210 valence electrons. The van der Waals surface area contributed by atoms with E-state index in [1.807, 2.05) is 91.0 Å². The zero-order valence-corrected chi connectivity index (χ0v) is 23.2. The van der Waals surface area contributed by atoms with E-state index in [2.05, 4.69) is 10.6 Å². The van der Waals surface area contributed by atoms with Crippen molar-refractivity contribution in [3.63, 3.8) is 0 Å². The van der Waals surface area contributed by atoms with Crippen LogP contribution in [0, 0.1) is 0 Å². The van der Waals surface area contributed by atoms with Crippen LogP contribution in [-0.2, 0) is 43.3 Å². The molecule has 3 rings (SSSR count). The molecule has 40 heavy (non-hydrogen) atoms. The van der Waals surface area contributed by atoms with E-state index >= 15 is 0 Å². The number of benzene rings is 3. The highest BCUT2D eigenvalue weighted by atomic mass is 32.2. The molecule has 0 aromatic heterocycles. The van der Waals surface area contributed by atoms with Crippen molar-refractivity contribution in [3.8, 4) is 0 Å². The molecule has 3 aromatic carbocycles. The fourth-order valence-electron chi connectivity index (χ4n) is 3.87. The average molecular weight is 563 g/mol. The van der Waals surface area contributed by atoms with Gasteiger partial charge in [-0.1, -0.05) is 91.0 Å². The Balaban J connectivity index is 1.70. The van der Waals surface area contributed by atoms with Gasteiger partial charge in [0.25, 0.3) is 0 Å². The summed E-state index contributed by atoms with van der Waals surface area (Å²) in [6.45, 7) is 2.04. The van der Waals surface area contributed by atoms with Crippen molar-refractivity contribution in [2.45, 2.75) is 38.5 Å². The highest BCUT2D eigenvalue weighted by molar-refractivity contribution is 8.00. The molecule has 2 atom stereocenters. The molecular weight excluding hydrogens is 528 g/mol. The summed E-state index contributed by atoms with van der Waals surface area (Å²) in [4.78, 5) is 51.1. The Kier molecular flexibility index (Phi) is 12.8. The third-order valence-corrected chi connectivity index (χ3v) is 6.79. The number of alkyl carbamates (subject to hydrolysis) is 1. The van der Waals surface area contributed by atoms with Crippen LogP contribution < -0.4 is 10.6 Å². The molecule has 0 spiro atoms. The predicted octanol–water partition coefficient (Wildman–Crippen LogP) is 4.12. The second-order valence-corrected chi connectivity index (χ2v) is 9.95. The number of amides is 2. The minimum absolute atomic E-state index is 0.0203. The standard InChI is InChI=1S/C31H34N2O6S/c1-2-38-29(35)22-40-21-28(34)26(18-23-12-6-3-7-13-23)32-30(36)27(19-24-14-8-4-9-15-24)33-31(37)39-20-25-16-10-5-11-17-25/h3-17,26-27H,2,18-22H2,1H3,(H,32,36)(H,33,37)/t26-,27-/m0/s1. The van der Waals surface area contributed by atoms with Crippen LogP contribution in [0.1, 0.15) is 23.6 Å². The monoisotopic (exact) mass is 562 g/mol. The molecule has 0 bridgehead atoms. The molecule has 0 heterocycles. The summed E-state index contributed by atoms with van der Waals surface area (Å²) in [7, 11) is 0. The highest BCUT2D eigenvalue weighted by Crippen LogP contribution is 2.11. The Morgan fingerprint density at radius 3 is 1.75 bits per heavy atom. The second kappa shape index (κ2) is 16.8. The number of thioether (sulfide) groups is 1. The summed E-state index contributed by atoms with van der Waals surface area (Å²) in [5.74, 6) is -1.09. The van der Waals surface area contributed by atoms with Gasteiger partial charge in [0.2, 0.25) is 5.91 Å². The number of ether oxygens (including phenoxy) is 2. The Bertz CT molecular complexity index is 1220. The zero-order valence-electron chi connectivity index (χ0n) is 22.4. The van der Waals surface area contributed by atoms with Gasteiger partial charge in [0.1, 0.15) is 12.6 Å². The molecule has 8 nitrogen and oxygen atoms in total. The number of hydrogen-bond acceptors (Lipinski definition) is 7. The molecule has 0 unspecified atom stereocenters. The van der Waals surface area contributed by atoms with E-state index in [-0.39, 0.29) is 43.3 Å². The largest absolute Gasteiger partial charge is 0.465 e. The van der Waals surface area contributed by atoms with E-state index in [1.165, 1.54) is 0 Å². The van der Waals surface area contributed by atoms with Crippen molar-refractivity contribution < 1.29 is 28.7 Å². The van der Waals surface area contributed by atoms with E-state index in [1.54, 1.807) is 6.92 Å². The summed E-state index contributed by atoms with van der Waals surface area (Å²) < 4.78 is 10.3. The SMILES string of the molecule is CCOC(=O)CSCC(=O)[C@H](Cc1ccccc1)NC(=O)[C@H](Cc1ccccc1)NC(=O)OCc1ccccc1. The number of Topliss-reactive ketones (excluding diaryl/α,β-unsaturated/α-hetero) is 1. The topological polar surface area (TPSA) is 111 Å². The Hall–Kier alpha value is -4.11. The number of nitrogens with one attached hydrogen (secondary N) is 2. The molecule has 0 aliphatic heterocycles. The van der Waals surface area contributed by atoms with Gasteiger partial charge >= 0.3 is 12.1 Å². The van der Waals surface area contributed by atoms with Crippen molar-refractivity contribution in [1.29, 1.82) is 0 Å². The van der Waals surface area contributed by atoms with Crippen LogP contribution in [0.3, 0.4) is 0 Å². The lowest BCUT2D eigenvalue weighted by molar-refractivity contribution is -0.139. The summed E-state index contributed by atoms with van der Waals surface area (Å²) in [6.07, 6.45) is -0.269. The maximum absolute atomic E-state index is 13.5. The van der Waals surface area contributed by atoms with E-state index in [0.29, 0.717) is 0 Å². The van der Waals surface area contributed by atoms with Gasteiger partial charge in [0.15, 0.2) is 5.78 Å². The van der Waals surface area contributed by atoms with Crippen LogP contribution in [0.4, 0.5) is 4.79 Å². The van der Waals surface area contributed by atoms with Crippen LogP contribution in [0.5, 0.6) is 0 Å². The Morgan fingerprint density at radius 1 is 0.675 bits per heavy atom. The molecule has 2 N–H and O–H groups in total. The van der Waals surface area contributed by atoms with Crippen LogP contribution in [0.15, 0.2) is 91.0 Å². The minimum atomic E-state index is -0.982. The maximum atomic E-state index is 13.5. The number of ketones is 1. The molecule has 3 aromatic rings. The maximum Gasteiger partial charge on any atom is 0.408 e. The van der Waals surface area contributed by atoms with Crippen LogP contribution in [-0.4, -0.2) is 53.9 Å². The molecule has 9 heteroatoms. The second-order valence-electron chi connectivity index (χ2n) is 8.96. The van der Waals surface area contributed by atoms with Gasteiger partial charge in [0, 0.05) is 6.42 Å². The number of esters is 1. The molecule has 0 radical (unpaired) electrons. The zero-order chi connectivity index (χ0) is 28.6. The van der Waals surface area contributed by atoms with E-state index in [0.717, 1.165) is 28.5 Å². The fraction of sp³-hybridized carbons (Fsp3) is 0.290. The van der Waals surface area contributed by atoms with E-state index in [9.17, 15) is 19.2 Å².